The maximum Gasteiger partial charge on any atom is 0.270 e. The molecule has 3 aromatic rings. The van der Waals surface area contributed by atoms with Crippen molar-refractivity contribution in [2.45, 2.75) is 19.4 Å². The second kappa shape index (κ2) is 5.47. The zero-order chi connectivity index (χ0) is 13.9. The summed E-state index contributed by atoms with van der Waals surface area (Å²) in [5.74, 6) is 1.17. The quantitative estimate of drug-likeness (QED) is 0.747. The molecule has 0 spiro atoms. The first kappa shape index (κ1) is 12.9. The summed E-state index contributed by atoms with van der Waals surface area (Å²) < 4.78 is 6.91. The van der Waals surface area contributed by atoms with Crippen LogP contribution in [0.1, 0.15) is 12.7 Å². The van der Waals surface area contributed by atoms with E-state index in [1.54, 1.807) is 4.68 Å². The average Bonchev–Trinajstić information content (AvgIpc) is 3.18. The Kier molecular flexibility index (Phi) is 3.52. The van der Waals surface area contributed by atoms with Gasteiger partial charge in [0.25, 0.3) is 5.89 Å². The molecule has 1 atom stereocenters. The monoisotopic (exact) mass is 291 g/mol. The van der Waals surface area contributed by atoms with Crippen molar-refractivity contribution in [2.24, 2.45) is 0 Å². The number of rotatable bonds is 5. The van der Waals surface area contributed by atoms with Gasteiger partial charge in [-0.1, -0.05) is 5.16 Å². The van der Waals surface area contributed by atoms with Gasteiger partial charge in [-0.2, -0.15) is 9.67 Å². The second-order valence-corrected chi connectivity index (χ2v) is 5.22. The van der Waals surface area contributed by atoms with Crippen LogP contribution in [0, 0.1) is 0 Å². The van der Waals surface area contributed by atoms with E-state index in [0.717, 1.165) is 10.6 Å². The Morgan fingerprint density at radius 1 is 1.50 bits per heavy atom. The minimum Gasteiger partial charge on any atom is -0.333 e. The number of likely N-dealkylation sites (N-methyl/N-ethyl adjacent to an activating group) is 1. The molecule has 1 N–H and O–H groups in total. The van der Waals surface area contributed by atoms with E-state index in [1.807, 2.05) is 18.5 Å². The van der Waals surface area contributed by atoms with E-state index in [-0.39, 0.29) is 0 Å². The van der Waals surface area contributed by atoms with Crippen LogP contribution in [0.5, 0.6) is 0 Å². The zero-order valence-electron chi connectivity index (χ0n) is 11.0. The SMILES string of the molecule is CNC(C)Cc1noc(-c2sccc2-n2cnnn2)n1. The Bertz CT molecular complexity index is 675. The highest BCUT2D eigenvalue weighted by Crippen LogP contribution is 2.30. The molecule has 0 aliphatic rings. The molecule has 0 bridgehead atoms. The van der Waals surface area contributed by atoms with Crippen molar-refractivity contribution >= 4 is 11.3 Å². The van der Waals surface area contributed by atoms with Crippen molar-refractivity contribution < 1.29 is 4.52 Å². The van der Waals surface area contributed by atoms with Crippen LogP contribution in [0.25, 0.3) is 16.5 Å². The van der Waals surface area contributed by atoms with Gasteiger partial charge in [0.1, 0.15) is 11.2 Å². The summed E-state index contributed by atoms with van der Waals surface area (Å²) >= 11 is 1.51. The summed E-state index contributed by atoms with van der Waals surface area (Å²) in [5, 5.41) is 20.2. The molecule has 0 radical (unpaired) electrons. The third kappa shape index (κ3) is 2.45. The molecule has 0 amide bonds. The normalized spacial score (nSPS) is 12.7. The third-order valence-corrected chi connectivity index (χ3v) is 3.78. The Labute approximate surface area is 118 Å². The Morgan fingerprint density at radius 3 is 3.15 bits per heavy atom. The molecule has 3 rings (SSSR count). The predicted octanol–water partition coefficient (Wildman–Crippen LogP) is 0.924. The van der Waals surface area contributed by atoms with E-state index in [4.69, 9.17) is 4.52 Å². The van der Waals surface area contributed by atoms with Gasteiger partial charge in [-0.3, -0.25) is 0 Å². The summed E-state index contributed by atoms with van der Waals surface area (Å²) in [6, 6.07) is 2.21. The van der Waals surface area contributed by atoms with Gasteiger partial charge in [-0.15, -0.1) is 16.4 Å². The summed E-state index contributed by atoms with van der Waals surface area (Å²) in [6.07, 6.45) is 2.25. The van der Waals surface area contributed by atoms with Crippen molar-refractivity contribution in [3.63, 3.8) is 0 Å². The lowest BCUT2D eigenvalue weighted by atomic mass is 10.2. The molecule has 9 heteroatoms. The predicted molar refractivity (Wildman–Crippen MR) is 72.5 cm³/mol. The van der Waals surface area contributed by atoms with E-state index < -0.39 is 0 Å². The molecular weight excluding hydrogens is 278 g/mol. The van der Waals surface area contributed by atoms with Gasteiger partial charge < -0.3 is 9.84 Å². The molecule has 20 heavy (non-hydrogen) atoms. The van der Waals surface area contributed by atoms with Crippen LogP contribution in [0.15, 0.2) is 22.3 Å². The van der Waals surface area contributed by atoms with E-state index >= 15 is 0 Å². The van der Waals surface area contributed by atoms with E-state index in [1.165, 1.54) is 17.7 Å². The summed E-state index contributed by atoms with van der Waals surface area (Å²) in [5.41, 5.74) is 0.830. The summed E-state index contributed by atoms with van der Waals surface area (Å²) in [6.45, 7) is 2.06. The second-order valence-electron chi connectivity index (χ2n) is 4.30. The first-order valence-electron chi connectivity index (χ1n) is 6.09. The molecule has 0 saturated heterocycles. The fourth-order valence-corrected chi connectivity index (χ4v) is 2.52. The van der Waals surface area contributed by atoms with Crippen molar-refractivity contribution in [3.8, 4) is 16.5 Å². The molecule has 104 valence electrons. The average molecular weight is 291 g/mol. The van der Waals surface area contributed by atoms with E-state index in [0.29, 0.717) is 24.2 Å². The Morgan fingerprint density at radius 2 is 2.40 bits per heavy atom. The lowest BCUT2D eigenvalue weighted by Crippen LogP contribution is -2.24. The van der Waals surface area contributed by atoms with Crippen molar-refractivity contribution in [3.05, 3.63) is 23.6 Å². The molecular formula is C11H13N7OS. The lowest BCUT2D eigenvalue weighted by molar-refractivity contribution is 0.419. The molecule has 3 aromatic heterocycles. The van der Waals surface area contributed by atoms with Crippen LogP contribution in [0.2, 0.25) is 0 Å². The Hall–Kier alpha value is -2.13. The first-order valence-corrected chi connectivity index (χ1v) is 6.97. The highest BCUT2D eigenvalue weighted by atomic mass is 32.1. The van der Waals surface area contributed by atoms with Gasteiger partial charge >= 0.3 is 0 Å². The maximum absolute atomic E-state index is 5.33. The number of hydrogen-bond donors (Lipinski definition) is 1. The number of nitrogens with zero attached hydrogens (tertiary/aromatic N) is 6. The molecule has 0 aliphatic heterocycles. The molecule has 0 aliphatic carbocycles. The molecule has 3 heterocycles. The van der Waals surface area contributed by atoms with Crippen LogP contribution in [0.3, 0.4) is 0 Å². The molecule has 0 aromatic carbocycles. The summed E-state index contributed by atoms with van der Waals surface area (Å²) in [7, 11) is 1.90. The highest BCUT2D eigenvalue weighted by molar-refractivity contribution is 7.14. The lowest BCUT2D eigenvalue weighted by Gasteiger charge is -2.04. The number of thiophene rings is 1. The number of aromatic nitrogens is 6. The van der Waals surface area contributed by atoms with Crippen molar-refractivity contribution in [1.82, 2.24) is 35.7 Å². The molecule has 0 saturated carbocycles. The summed E-state index contributed by atoms with van der Waals surface area (Å²) in [4.78, 5) is 5.28. The topological polar surface area (TPSA) is 94.6 Å². The van der Waals surface area contributed by atoms with E-state index in [9.17, 15) is 0 Å². The van der Waals surface area contributed by atoms with E-state index in [2.05, 4.69) is 37.9 Å². The zero-order valence-corrected chi connectivity index (χ0v) is 11.8. The van der Waals surface area contributed by atoms with Gasteiger partial charge in [0.05, 0.1) is 5.69 Å². The fourth-order valence-electron chi connectivity index (χ4n) is 1.72. The largest absolute Gasteiger partial charge is 0.333 e. The smallest absolute Gasteiger partial charge is 0.270 e. The van der Waals surface area contributed by atoms with Crippen LogP contribution in [0.4, 0.5) is 0 Å². The third-order valence-electron chi connectivity index (χ3n) is 2.88. The van der Waals surface area contributed by atoms with Crippen molar-refractivity contribution in [1.29, 1.82) is 0 Å². The van der Waals surface area contributed by atoms with Crippen LogP contribution in [-0.2, 0) is 6.42 Å². The van der Waals surface area contributed by atoms with Crippen molar-refractivity contribution in [2.75, 3.05) is 7.05 Å². The first-order chi connectivity index (χ1) is 9.78. The van der Waals surface area contributed by atoms with Gasteiger partial charge in [-0.05, 0) is 35.8 Å². The molecule has 0 fully saturated rings. The van der Waals surface area contributed by atoms with Crippen LogP contribution < -0.4 is 5.32 Å². The number of nitrogens with one attached hydrogen (secondary N) is 1. The molecule has 8 nitrogen and oxygen atoms in total. The minimum absolute atomic E-state index is 0.294. The van der Waals surface area contributed by atoms with Crippen LogP contribution in [-0.4, -0.2) is 43.4 Å². The number of tetrazole rings is 1. The van der Waals surface area contributed by atoms with Gasteiger partial charge in [0, 0.05) is 12.5 Å². The van der Waals surface area contributed by atoms with Gasteiger partial charge in [0.15, 0.2) is 5.82 Å². The van der Waals surface area contributed by atoms with Gasteiger partial charge in [-0.25, -0.2) is 0 Å². The minimum atomic E-state index is 0.294. The molecule has 1 unspecified atom stereocenters. The van der Waals surface area contributed by atoms with Gasteiger partial charge in [0.2, 0.25) is 0 Å². The number of hydrogen-bond acceptors (Lipinski definition) is 8. The standard InChI is InChI=1S/C11H13N7OS/c1-7(12-2)5-9-14-11(19-15-9)10-8(3-4-20-10)18-6-13-16-17-18/h3-4,6-7,12H,5H2,1-2H3. The van der Waals surface area contributed by atoms with Crippen LogP contribution >= 0.6 is 11.3 Å². The highest BCUT2D eigenvalue weighted by Gasteiger charge is 2.17. The maximum atomic E-state index is 5.33. The Balaban J connectivity index is 1.89. The fraction of sp³-hybridized carbons (Fsp3) is 0.364.